The van der Waals surface area contributed by atoms with E-state index in [1.807, 2.05) is 6.92 Å². The molecule has 1 unspecified atom stereocenters. The quantitative estimate of drug-likeness (QED) is 0.749. The molecule has 1 saturated heterocycles. The van der Waals surface area contributed by atoms with Crippen molar-refractivity contribution in [3.8, 4) is 6.07 Å². The Balaban J connectivity index is 1.70. The molecular weight excluding hydrogens is 387 g/mol. The van der Waals surface area contributed by atoms with Crippen molar-refractivity contribution < 1.29 is 22.4 Å². The summed E-state index contributed by atoms with van der Waals surface area (Å²) in [4.78, 5) is 8.10. The minimum Gasteiger partial charge on any atom is -0.374 e. The predicted molar refractivity (Wildman–Crippen MR) is 98.0 cm³/mol. The lowest BCUT2D eigenvalue weighted by Crippen LogP contribution is -2.31. The molecule has 1 aromatic heterocycles. The molecule has 7 nitrogen and oxygen atoms in total. The zero-order chi connectivity index (χ0) is 21.0. The summed E-state index contributed by atoms with van der Waals surface area (Å²) in [6, 6.07) is 5.49. The summed E-state index contributed by atoms with van der Waals surface area (Å²) in [7, 11) is 1.56. The maximum Gasteiger partial charge on any atom is 0.418 e. The van der Waals surface area contributed by atoms with E-state index in [1.165, 1.54) is 12.1 Å². The summed E-state index contributed by atoms with van der Waals surface area (Å²) < 4.78 is 50.9. The topological polar surface area (TPSA) is 78.4 Å². The summed E-state index contributed by atoms with van der Waals surface area (Å²) in [5.74, 6) is 0.915. The van der Waals surface area contributed by atoms with Gasteiger partial charge in [0, 0.05) is 39.0 Å². The van der Waals surface area contributed by atoms with Crippen molar-refractivity contribution in [1.29, 1.82) is 5.26 Å². The van der Waals surface area contributed by atoms with Crippen LogP contribution in [-0.4, -0.2) is 48.3 Å². The maximum atomic E-state index is 13.5. The van der Waals surface area contributed by atoms with Crippen molar-refractivity contribution in [2.45, 2.75) is 32.2 Å². The average molecular weight is 409 g/mol. The Hall–Kier alpha value is -2.64. The van der Waals surface area contributed by atoms with Crippen LogP contribution < -0.4 is 4.90 Å². The van der Waals surface area contributed by atoms with Crippen LogP contribution in [0.3, 0.4) is 0 Å². The molecule has 0 aliphatic carbocycles. The van der Waals surface area contributed by atoms with Crippen molar-refractivity contribution in [3.63, 3.8) is 0 Å². The Morgan fingerprint density at radius 3 is 2.76 bits per heavy atom. The van der Waals surface area contributed by atoms with Gasteiger partial charge in [0.15, 0.2) is 5.82 Å². The molecule has 10 heteroatoms. The van der Waals surface area contributed by atoms with Crippen molar-refractivity contribution in [1.82, 2.24) is 15.0 Å². The maximum absolute atomic E-state index is 13.5. The average Bonchev–Trinajstić information content (AvgIpc) is 3.04. The first-order valence-electron chi connectivity index (χ1n) is 9.25. The number of nitrogens with zero attached hydrogens (tertiary/aromatic N) is 5. The molecule has 29 heavy (non-hydrogen) atoms. The second-order valence-corrected chi connectivity index (χ2v) is 6.88. The van der Waals surface area contributed by atoms with Gasteiger partial charge >= 0.3 is 6.18 Å². The SMILES string of the molecule is COC(C)c1noc(CN2CCCN(c3ccc(C#N)cc3C(F)(F)F)CC2)n1. The first-order valence-corrected chi connectivity index (χ1v) is 9.25. The van der Waals surface area contributed by atoms with Crippen molar-refractivity contribution in [2.24, 2.45) is 0 Å². The summed E-state index contributed by atoms with van der Waals surface area (Å²) >= 11 is 0. The van der Waals surface area contributed by atoms with Crippen molar-refractivity contribution in [2.75, 3.05) is 38.2 Å². The molecule has 2 aromatic rings. The van der Waals surface area contributed by atoms with Gasteiger partial charge in [-0.3, -0.25) is 4.90 Å². The van der Waals surface area contributed by atoms with Crippen molar-refractivity contribution >= 4 is 5.69 Å². The second kappa shape index (κ2) is 8.80. The van der Waals surface area contributed by atoms with E-state index in [2.05, 4.69) is 15.0 Å². The molecule has 1 aliphatic heterocycles. The van der Waals surface area contributed by atoms with Gasteiger partial charge in [-0.25, -0.2) is 0 Å². The number of hydrogen-bond donors (Lipinski definition) is 0. The van der Waals surface area contributed by atoms with Crippen LogP contribution in [0.2, 0.25) is 0 Å². The molecule has 1 aromatic carbocycles. The van der Waals surface area contributed by atoms with Gasteiger partial charge in [0.25, 0.3) is 0 Å². The van der Waals surface area contributed by atoms with Gasteiger partial charge in [-0.05, 0) is 31.5 Å². The first kappa shape index (κ1) is 21.1. The number of methoxy groups -OCH3 is 1. The molecule has 1 atom stereocenters. The highest BCUT2D eigenvalue weighted by Crippen LogP contribution is 2.37. The number of hydrogen-bond acceptors (Lipinski definition) is 7. The lowest BCUT2D eigenvalue weighted by atomic mass is 10.1. The highest BCUT2D eigenvalue weighted by atomic mass is 19.4. The minimum absolute atomic E-state index is 0.00462. The Bertz CT molecular complexity index is 877. The third kappa shape index (κ3) is 5.05. The fourth-order valence-corrected chi connectivity index (χ4v) is 3.27. The molecule has 0 saturated carbocycles. The molecule has 156 valence electrons. The van der Waals surface area contributed by atoms with Crippen LogP contribution in [0.4, 0.5) is 18.9 Å². The predicted octanol–water partition coefficient (Wildman–Crippen LogP) is 3.38. The van der Waals surface area contributed by atoms with Gasteiger partial charge in [-0.15, -0.1) is 0 Å². The van der Waals surface area contributed by atoms with E-state index in [-0.39, 0.29) is 17.4 Å². The summed E-state index contributed by atoms with van der Waals surface area (Å²) in [6.07, 6.45) is -4.11. The number of ether oxygens (including phenoxy) is 1. The molecule has 1 fully saturated rings. The first-order chi connectivity index (χ1) is 13.8. The number of alkyl halides is 3. The second-order valence-electron chi connectivity index (χ2n) is 6.88. The van der Waals surface area contributed by atoms with Crippen LogP contribution in [0.15, 0.2) is 22.7 Å². The minimum atomic E-state index is -4.52. The number of halogens is 3. The third-order valence-electron chi connectivity index (χ3n) is 4.92. The number of benzene rings is 1. The fourth-order valence-electron chi connectivity index (χ4n) is 3.27. The van der Waals surface area contributed by atoms with Crippen LogP contribution in [0.5, 0.6) is 0 Å². The zero-order valence-electron chi connectivity index (χ0n) is 16.2. The highest BCUT2D eigenvalue weighted by Gasteiger charge is 2.35. The van der Waals surface area contributed by atoms with Crippen LogP contribution in [-0.2, 0) is 17.5 Å². The van der Waals surface area contributed by atoms with Gasteiger partial charge in [-0.1, -0.05) is 5.16 Å². The van der Waals surface area contributed by atoms with E-state index in [1.54, 1.807) is 18.1 Å². The largest absolute Gasteiger partial charge is 0.418 e. The monoisotopic (exact) mass is 409 g/mol. The van der Waals surface area contributed by atoms with Crippen LogP contribution >= 0.6 is 0 Å². The van der Waals surface area contributed by atoms with Gasteiger partial charge in [0.2, 0.25) is 5.89 Å². The number of anilines is 1. The Morgan fingerprint density at radius 1 is 1.28 bits per heavy atom. The van der Waals surface area contributed by atoms with Crippen LogP contribution in [0.1, 0.15) is 42.3 Å². The molecule has 2 heterocycles. The molecule has 3 rings (SSSR count). The van der Waals surface area contributed by atoms with E-state index in [9.17, 15) is 13.2 Å². The Kier molecular flexibility index (Phi) is 6.39. The van der Waals surface area contributed by atoms with E-state index < -0.39 is 11.7 Å². The van der Waals surface area contributed by atoms with Crippen molar-refractivity contribution in [3.05, 3.63) is 41.0 Å². The molecule has 0 bridgehead atoms. The number of aromatic nitrogens is 2. The molecule has 0 amide bonds. The molecule has 1 aliphatic rings. The highest BCUT2D eigenvalue weighted by molar-refractivity contribution is 5.58. The zero-order valence-corrected chi connectivity index (χ0v) is 16.2. The van der Waals surface area contributed by atoms with Gasteiger partial charge < -0.3 is 14.2 Å². The third-order valence-corrected chi connectivity index (χ3v) is 4.92. The summed E-state index contributed by atoms with van der Waals surface area (Å²) in [5.41, 5.74) is -0.678. The Morgan fingerprint density at radius 2 is 2.07 bits per heavy atom. The van der Waals surface area contributed by atoms with Gasteiger partial charge in [0.1, 0.15) is 6.10 Å². The molecule has 0 spiro atoms. The van der Waals surface area contributed by atoms with Crippen LogP contribution in [0, 0.1) is 11.3 Å². The lowest BCUT2D eigenvalue weighted by Gasteiger charge is -2.26. The van der Waals surface area contributed by atoms with Gasteiger partial charge in [0.05, 0.1) is 23.7 Å². The standard InChI is InChI=1S/C19H22F3N5O2/c1-13(28-2)18-24-17(29-25-18)12-26-6-3-7-27(9-8-26)16-5-4-14(11-23)10-15(16)19(20,21)22/h4-5,10,13H,3,6-9,12H2,1-2H3. The van der Waals surface area contributed by atoms with E-state index >= 15 is 0 Å². The van der Waals surface area contributed by atoms with E-state index in [0.29, 0.717) is 50.9 Å². The normalized spacial score (nSPS) is 17.0. The van der Waals surface area contributed by atoms with E-state index in [4.69, 9.17) is 14.5 Å². The lowest BCUT2D eigenvalue weighted by molar-refractivity contribution is -0.137. The molecule has 0 N–H and O–H groups in total. The molecular formula is C19H22F3N5O2. The fraction of sp³-hybridized carbons (Fsp3) is 0.526. The number of rotatable bonds is 5. The summed E-state index contributed by atoms with van der Waals surface area (Å²) in [6.45, 7) is 4.40. The van der Waals surface area contributed by atoms with Gasteiger partial charge in [-0.2, -0.15) is 23.4 Å². The Labute approximate surface area is 166 Å². The smallest absolute Gasteiger partial charge is 0.374 e. The van der Waals surface area contributed by atoms with Crippen LogP contribution in [0.25, 0.3) is 0 Å². The summed E-state index contributed by atoms with van der Waals surface area (Å²) in [5, 5.41) is 12.8. The van der Waals surface area contributed by atoms with E-state index in [0.717, 1.165) is 6.07 Å². The molecule has 0 radical (unpaired) electrons. The number of nitriles is 1.